The van der Waals surface area contributed by atoms with Crippen molar-refractivity contribution in [3.8, 4) is 17.2 Å². The van der Waals surface area contributed by atoms with Crippen LogP contribution in [0.2, 0.25) is 0 Å². The minimum Gasteiger partial charge on any atom is -0.495 e. The lowest BCUT2D eigenvalue weighted by molar-refractivity contribution is 0.0975. The molecule has 0 aliphatic carbocycles. The normalized spacial score (nSPS) is 10.9. The van der Waals surface area contributed by atoms with Crippen molar-refractivity contribution in [2.75, 3.05) is 12.4 Å². The molecular weight excluding hydrogens is 641 g/mol. The Morgan fingerprint density at radius 3 is 2.71 bits per heavy atom. The van der Waals surface area contributed by atoms with Gasteiger partial charge in [0, 0.05) is 14.8 Å². The number of methoxy groups -OCH3 is 1. The average molecular weight is 658 g/mol. The number of rotatable bonds is 4. The maximum Gasteiger partial charge on any atom is 0.261 e. The molecule has 35 heavy (non-hydrogen) atoms. The molecule has 0 radical (unpaired) electrons. The summed E-state index contributed by atoms with van der Waals surface area (Å²) in [6.07, 6.45) is 0. The molecule has 0 saturated heterocycles. The van der Waals surface area contributed by atoms with Crippen LogP contribution in [0.4, 0.5) is 5.69 Å². The van der Waals surface area contributed by atoms with Gasteiger partial charge in [0.2, 0.25) is 5.89 Å². The van der Waals surface area contributed by atoms with Gasteiger partial charge in [0.05, 0.1) is 17.1 Å². The summed E-state index contributed by atoms with van der Waals surface area (Å²) in [6, 6.07) is 22.9. The molecule has 1 amide bonds. The Kier molecular flexibility index (Phi) is 6.72. The van der Waals surface area contributed by atoms with Gasteiger partial charge in [-0.1, -0.05) is 30.3 Å². The monoisotopic (exact) mass is 657 g/mol. The Morgan fingerprint density at radius 1 is 1.09 bits per heavy atom. The van der Waals surface area contributed by atoms with Gasteiger partial charge in [-0.25, -0.2) is 4.98 Å². The average Bonchev–Trinajstić information content (AvgIpc) is 3.27. The molecule has 0 saturated carbocycles. The summed E-state index contributed by atoms with van der Waals surface area (Å²) in [5.74, 6) is 0.603. The minimum atomic E-state index is -0.380. The quantitative estimate of drug-likeness (QED) is 0.158. The highest BCUT2D eigenvalue weighted by Crippen LogP contribution is 2.36. The predicted octanol–water partition coefficient (Wildman–Crippen LogP) is 7.15. The number of hydrogen-bond acceptors (Lipinski definition) is 5. The van der Waals surface area contributed by atoms with E-state index in [-0.39, 0.29) is 11.0 Å². The SMILES string of the molecule is COc1c(C(=O)NC(=S)Nc2ccc3oc(-c4cccc(I)c4)nc3c2)cc2ccccc2c1Br. The highest BCUT2D eigenvalue weighted by Gasteiger charge is 2.19. The van der Waals surface area contributed by atoms with Gasteiger partial charge in [-0.3, -0.25) is 10.1 Å². The van der Waals surface area contributed by atoms with Crippen LogP contribution in [-0.4, -0.2) is 23.1 Å². The fourth-order valence-electron chi connectivity index (χ4n) is 3.74. The van der Waals surface area contributed by atoms with E-state index < -0.39 is 0 Å². The summed E-state index contributed by atoms with van der Waals surface area (Å²) in [5, 5.41) is 7.79. The smallest absolute Gasteiger partial charge is 0.261 e. The van der Waals surface area contributed by atoms with Gasteiger partial charge >= 0.3 is 0 Å². The number of nitrogens with zero attached hydrogens (tertiary/aromatic N) is 1. The Hall–Kier alpha value is -3.02. The van der Waals surface area contributed by atoms with Crippen LogP contribution in [0.25, 0.3) is 33.3 Å². The molecule has 4 aromatic carbocycles. The maximum absolute atomic E-state index is 13.1. The molecule has 0 atom stereocenters. The summed E-state index contributed by atoms with van der Waals surface area (Å²) in [5.41, 5.74) is 3.29. The van der Waals surface area contributed by atoms with Gasteiger partial charge in [0.15, 0.2) is 10.7 Å². The van der Waals surface area contributed by atoms with Crippen LogP contribution in [0.1, 0.15) is 10.4 Å². The predicted molar refractivity (Wildman–Crippen MR) is 154 cm³/mol. The molecule has 0 fully saturated rings. The van der Waals surface area contributed by atoms with Crippen molar-refractivity contribution in [3.63, 3.8) is 0 Å². The highest BCUT2D eigenvalue weighted by atomic mass is 127. The number of oxazole rings is 1. The van der Waals surface area contributed by atoms with Crippen LogP contribution in [0, 0.1) is 3.57 Å². The topological polar surface area (TPSA) is 76.4 Å². The number of halogens is 2. The lowest BCUT2D eigenvalue weighted by atomic mass is 10.1. The van der Waals surface area contributed by atoms with E-state index in [2.05, 4.69) is 54.1 Å². The van der Waals surface area contributed by atoms with Gasteiger partial charge in [-0.15, -0.1) is 0 Å². The fraction of sp³-hybridized carbons (Fsp3) is 0.0385. The third-order valence-corrected chi connectivity index (χ3v) is 7.00. The summed E-state index contributed by atoms with van der Waals surface area (Å²) < 4.78 is 13.2. The van der Waals surface area contributed by atoms with Crippen molar-refractivity contribution in [1.29, 1.82) is 0 Å². The van der Waals surface area contributed by atoms with Crippen LogP contribution in [0.15, 0.2) is 81.7 Å². The Morgan fingerprint density at radius 2 is 1.91 bits per heavy atom. The highest BCUT2D eigenvalue weighted by molar-refractivity contribution is 14.1. The molecule has 0 spiro atoms. The van der Waals surface area contributed by atoms with Crippen LogP contribution in [0.3, 0.4) is 0 Å². The first-order chi connectivity index (χ1) is 16.9. The molecule has 2 N–H and O–H groups in total. The van der Waals surface area contributed by atoms with Crippen molar-refractivity contribution in [2.24, 2.45) is 0 Å². The van der Waals surface area contributed by atoms with Crippen molar-refractivity contribution in [3.05, 3.63) is 86.4 Å². The second kappa shape index (κ2) is 9.92. The Balaban J connectivity index is 1.35. The number of ether oxygens (including phenoxy) is 1. The second-order valence-electron chi connectivity index (χ2n) is 7.61. The number of thiocarbonyl (C=S) groups is 1. The Bertz CT molecular complexity index is 1620. The first-order valence-electron chi connectivity index (χ1n) is 10.5. The van der Waals surface area contributed by atoms with Crippen molar-refractivity contribution in [1.82, 2.24) is 10.3 Å². The number of carbonyl (C=O) groups is 1. The van der Waals surface area contributed by atoms with Crippen molar-refractivity contribution >= 4 is 89.3 Å². The van der Waals surface area contributed by atoms with Crippen LogP contribution < -0.4 is 15.4 Å². The summed E-state index contributed by atoms with van der Waals surface area (Å²) >= 11 is 11.2. The van der Waals surface area contributed by atoms with E-state index in [0.717, 1.165) is 19.9 Å². The fourth-order valence-corrected chi connectivity index (χ4v) is 5.23. The van der Waals surface area contributed by atoms with E-state index in [0.29, 0.717) is 38.5 Å². The van der Waals surface area contributed by atoms with E-state index in [1.165, 1.54) is 7.11 Å². The van der Waals surface area contributed by atoms with E-state index in [1.54, 1.807) is 6.07 Å². The van der Waals surface area contributed by atoms with Crippen LogP contribution >= 0.6 is 50.7 Å². The molecule has 5 rings (SSSR count). The third-order valence-electron chi connectivity index (χ3n) is 5.33. The molecule has 1 aromatic heterocycles. The van der Waals surface area contributed by atoms with Gasteiger partial charge in [0.25, 0.3) is 5.91 Å². The van der Waals surface area contributed by atoms with Crippen LogP contribution in [-0.2, 0) is 0 Å². The summed E-state index contributed by atoms with van der Waals surface area (Å²) in [7, 11) is 1.53. The summed E-state index contributed by atoms with van der Waals surface area (Å²) in [6.45, 7) is 0. The van der Waals surface area contributed by atoms with Crippen molar-refractivity contribution in [2.45, 2.75) is 0 Å². The second-order valence-corrected chi connectivity index (χ2v) is 10.1. The molecule has 9 heteroatoms. The number of nitrogens with one attached hydrogen (secondary N) is 2. The molecule has 174 valence electrons. The number of fused-ring (bicyclic) bond motifs is 2. The molecule has 0 aliphatic rings. The number of benzene rings is 4. The third kappa shape index (κ3) is 4.89. The number of hydrogen-bond donors (Lipinski definition) is 2. The standard InChI is InChI=1S/C26H17BrIN3O3S/c1-33-23-19(12-14-5-2-3-8-18(14)22(23)27)24(32)31-26(35)29-17-9-10-21-20(13-17)30-25(34-21)15-6-4-7-16(28)11-15/h2-13H,1H3,(H2,29,31,32,35). The molecule has 0 aliphatic heterocycles. The zero-order chi connectivity index (χ0) is 24.5. The number of amides is 1. The summed E-state index contributed by atoms with van der Waals surface area (Å²) in [4.78, 5) is 17.7. The van der Waals surface area contributed by atoms with Crippen molar-refractivity contribution < 1.29 is 13.9 Å². The zero-order valence-electron chi connectivity index (χ0n) is 18.3. The van der Waals surface area contributed by atoms with E-state index in [9.17, 15) is 4.79 Å². The molecule has 0 unspecified atom stereocenters. The largest absolute Gasteiger partial charge is 0.495 e. The minimum absolute atomic E-state index is 0.155. The van der Waals surface area contributed by atoms with E-state index in [1.807, 2.05) is 66.7 Å². The number of anilines is 1. The molecule has 0 bridgehead atoms. The Labute approximate surface area is 228 Å². The lowest BCUT2D eigenvalue weighted by Crippen LogP contribution is -2.34. The molecule has 1 heterocycles. The van der Waals surface area contributed by atoms with Gasteiger partial charge < -0.3 is 14.5 Å². The van der Waals surface area contributed by atoms with Gasteiger partial charge in [0.1, 0.15) is 11.3 Å². The lowest BCUT2D eigenvalue weighted by Gasteiger charge is -2.14. The van der Waals surface area contributed by atoms with Gasteiger partial charge in [-0.2, -0.15) is 0 Å². The van der Waals surface area contributed by atoms with Crippen LogP contribution in [0.5, 0.6) is 5.75 Å². The zero-order valence-corrected chi connectivity index (χ0v) is 22.8. The van der Waals surface area contributed by atoms with E-state index in [4.69, 9.17) is 21.4 Å². The first kappa shape index (κ1) is 23.7. The number of carbonyl (C=O) groups excluding carboxylic acids is 1. The molecule has 6 nitrogen and oxygen atoms in total. The van der Waals surface area contributed by atoms with Gasteiger partial charge in [-0.05, 0) is 104 Å². The molecular formula is C26H17BrIN3O3S. The first-order valence-corrected chi connectivity index (χ1v) is 12.7. The van der Waals surface area contributed by atoms with E-state index >= 15 is 0 Å². The number of aromatic nitrogens is 1. The maximum atomic E-state index is 13.1. The molecule has 5 aromatic rings.